The van der Waals surface area contributed by atoms with Crippen molar-refractivity contribution >= 4 is 20.2 Å². The highest BCUT2D eigenvalue weighted by molar-refractivity contribution is 7.89. The summed E-state index contributed by atoms with van der Waals surface area (Å²) in [5.74, 6) is 0. The van der Waals surface area contributed by atoms with Gasteiger partial charge in [0.25, 0.3) is 10.2 Å². The molecule has 114 valence electrons. The lowest BCUT2D eigenvalue weighted by Gasteiger charge is -2.15. The Kier molecular flexibility index (Phi) is 5.66. The van der Waals surface area contributed by atoms with Gasteiger partial charge in [0, 0.05) is 12.6 Å². The molecule has 0 amide bonds. The van der Waals surface area contributed by atoms with Gasteiger partial charge in [-0.1, -0.05) is 19.1 Å². The minimum atomic E-state index is -3.81. The molecule has 0 heterocycles. The summed E-state index contributed by atoms with van der Waals surface area (Å²) in [5.41, 5.74) is 0.512. The topological polar surface area (TPSA) is 118 Å². The molecule has 0 bridgehead atoms. The van der Waals surface area contributed by atoms with Crippen LogP contribution < -0.4 is 14.6 Å². The Morgan fingerprint density at radius 3 is 2.45 bits per heavy atom. The first-order valence-corrected chi connectivity index (χ1v) is 9.08. The minimum absolute atomic E-state index is 0.0532. The summed E-state index contributed by atoms with van der Waals surface area (Å²) < 4.78 is 50.7. The fourth-order valence-corrected chi connectivity index (χ4v) is 3.27. The van der Waals surface area contributed by atoms with Crippen molar-refractivity contribution in [1.82, 2.24) is 9.44 Å². The van der Waals surface area contributed by atoms with E-state index in [4.69, 9.17) is 5.14 Å². The standard InChI is InChI=1S/C11H19N3O4S2/c1-3-7-13-20(17,18)14-9(2)10-5-4-6-11(8-10)19(12,15)16/h4-6,8-9,13-14H,3,7H2,1-2H3,(H2,12,15,16). The lowest BCUT2D eigenvalue weighted by molar-refractivity contribution is 0.551. The average molecular weight is 321 g/mol. The van der Waals surface area contributed by atoms with E-state index in [9.17, 15) is 16.8 Å². The van der Waals surface area contributed by atoms with Crippen LogP contribution in [0.4, 0.5) is 0 Å². The van der Waals surface area contributed by atoms with Crippen LogP contribution in [0.5, 0.6) is 0 Å². The summed E-state index contributed by atoms with van der Waals surface area (Å²) in [4.78, 5) is -0.0532. The van der Waals surface area contributed by atoms with E-state index in [1.165, 1.54) is 18.2 Å². The predicted molar refractivity (Wildman–Crippen MR) is 76.6 cm³/mol. The Morgan fingerprint density at radius 1 is 1.25 bits per heavy atom. The van der Waals surface area contributed by atoms with Crippen molar-refractivity contribution in [3.8, 4) is 0 Å². The van der Waals surface area contributed by atoms with E-state index >= 15 is 0 Å². The Labute approximate surface area is 119 Å². The molecule has 1 rings (SSSR count). The molecule has 0 aliphatic carbocycles. The van der Waals surface area contributed by atoms with Crippen molar-refractivity contribution in [2.45, 2.75) is 31.2 Å². The summed E-state index contributed by atoms with van der Waals surface area (Å²) in [7, 11) is -7.43. The molecule has 0 aliphatic heterocycles. The molecular weight excluding hydrogens is 302 g/mol. The second-order valence-corrected chi connectivity index (χ2v) is 7.45. The maximum absolute atomic E-state index is 11.7. The van der Waals surface area contributed by atoms with E-state index in [2.05, 4.69) is 9.44 Å². The molecule has 1 aromatic rings. The first-order chi connectivity index (χ1) is 9.15. The van der Waals surface area contributed by atoms with Gasteiger partial charge < -0.3 is 0 Å². The second kappa shape index (κ2) is 6.64. The van der Waals surface area contributed by atoms with Crippen LogP contribution >= 0.6 is 0 Å². The van der Waals surface area contributed by atoms with Crippen LogP contribution in [0.2, 0.25) is 0 Å². The van der Waals surface area contributed by atoms with Crippen molar-refractivity contribution in [2.24, 2.45) is 5.14 Å². The number of hydrogen-bond donors (Lipinski definition) is 3. The lowest BCUT2D eigenvalue weighted by Crippen LogP contribution is -2.38. The van der Waals surface area contributed by atoms with Gasteiger partial charge in [0.2, 0.25) is 10.0 Å². The number of hydrogen-bond acceptors (Lipinski definition) is 4. The van der Waals surface area contributed by atoms with Gasteiger partial charge in [-0.05, 0) is 31.0 Å². The Hall–Kier alpha value is -1.00. The van der Waals surface area contributed by atoms with Gasteiger partial charge in [-0.2, -0.15) is 13.1 Å². The van der Waals surface area contributed by atoms with Crippen LogP contribution in [-0.2, 0) is 20.2 Å². The van der Waals surface area contributed by atoms with Gasteiger partial charge in [0.15, 0.2) is 0 Å². The molecule has 0 spiro atoms. The third-order valence-electron chi connectivity index (χ3n) is 2.56. The van der Waals surface area contributed by atoms with E-state index in [0.29, 0.717) is 18.5 Å². The Morgan fingerprint density at radius 2 is 1.90 bits per heavy atom. The molecule has 0 fully saturated rings. The fourth-order valence-electron chi connectivity index (χ4n) is 1.54. The maximum atomic E-state index is 11.7. The van der Waals surface area contributed by atoms with Crippen molar-refractivity contribution < 1.29 is 16.8 Å². The molecule has 1 atom stereocenters. The number of primary sulfonamides is 1. The summed E-state index contributed by atoms with van der Waals surface area (Å²) in [6.07, 6.45) is 0.677. The van der Waals surface area contributed by atoms with Crippen LogP contribution in [-0.4, -0.2) is 23.4 Å². The molecule has 7 nitrogen and oxygen atoms in total. The smallest absolute Gasteiger partial charge is 0.225 e. The number of sulfonamides is 1. The highest BCUT2D eigenvalue weighted by atomic mass is 32.2. The predicted octanol–water partition coefficient (Wildman–Crippen LogP) is 0.229. The second-order valence-electron chi connectivity index (χ2n) is 4.35. The first kappa shape index (κ1) is 17.1. The van der Waals surface area contributed by atoms with Gasteiger partial charge in [-0.3, -0.25) is 0 Å². The lowest BCUT2D eigenvalue weighted by atomic mass is 10.1. The Balaban J connectivity index is 2.91. The van der Waals surface area contributed by atoms with E-state index in [1.807, 2.05) is 6.92 Å². The highest BCUT2D eigenvalue weighted by Gasteiger charge is 2.16. The average Bonchev–Trinajstić information content (AvgIpc) is 2.35. The summed E-state index contributed by atoms with van der Waals surface area (Å²) in [6.45, 7) is 3.80. The fraction of sp³-hybridized carbons (Fsp3) is 0.455. The van der Waals surface area contributed by atoms with Crippen molar-refractivity contribution in [2.75, 3.05) is 6.54 Å². The summed E-state index contributed by atoms with van der Waals surface area (Å²) in [6, 6.07) is 5.27. The third kappa shape index (κ3) is 5.17. The van der Waals surface area contributed by atoms with Gasteiger partial charge in [-0.15, -0.1) is 0 Å². The SMILES string of the molecule is CCCNS(=O)(=O)NC(C)c1cccc(S(N)(=O)=O)c1. The van der Waals surface area contributed by atoms with Gasteiger partial charge in [0.05, 0.1) is 4.90 Å². The molecule has 0 aliphatic rings. The van der Waals surface area contributed by atoms with E-state index in [-0.39, 0.29) is 4.90 Å². The van der Waals surface area contributed by atoms with E-state index < -0.39 is 26.3 Å². The van der Waals surface area contributed by atoms with Gasteiger partial charge in [0.1, 0.15) is 0 Å². The van der Waals surface area contributed by atoms with Crippen LogP contribution in [0, 0.1) is 0 Å². The minimum Gasteiger partial charge on any atom is -0.225 e. The number of benzene rings is 1. The number of nitrogens with two attached hydrogens (primary N) is 1. The molecule has 9 heteroatoms. The quantitative estimate of drug-likeness (QED) is 0.666. The molecule has 1 aromatic carbocycles. The highest BCUT2D eigenvalue weighted by Crippen LogP contribution is 2.17. The van der Waals surface area contributed by atoms with Crippen LogP contribution in [0.15, 0.2) is 29.2 Å². The van der Waals surface area contributed by atoms with Gasteiger partial charge >= 0.3 is 0 Å². The van der Waals surface area contributed by atoms with E-state index in [1.54, 1.807) is 13.0 Å². The van der Waals surface area contributed by atoms with Gasteiger partial charge in [-0.25, -0.2) is 18.3 Å². The molecule has 0 aromatic heterocycles. The van der Waals surface area contributed by atoms with Crippen LogP contribution in [0.1, 0.15) is 31.9 Å². The molecule has 0 radical (unpaired) electrons. The third-order valence-corrected chi connectivity index (χ3v) is 4.72. The summed E-state index contributed by atoms with van der Waals surface area (Å²) >= 11 is 0. The summed E-state index contributed by atoms with van der Waals surface area (Å²) in [5, 5.41) is 5.04. The zero-order valence-electron chi connectivity index (χ0n) is 11.3. The van der Waals surface area contributed by atoms with Crippen molar-refractivity contribution in [1.29, 1.82) is 0 Å². The molecule has 0 saturated heterocycles. The maximum Gasteiger partial charge on any atom is 0.277 e. The Bertz CT molecular complexity index is 656. The molecular formula is C11H19N3O4S2. The molecule has 20 heavy (non-hydrogen) atoms. The molecule has 0 saturated carbocycles. The van der Waals surface area contributed by atoms with Crippen molar-refractivity contribution in [3.05, 3.63) is 29.8 Å². The molecule has 1 unspecified atom stereocenters. The first-order valence-electron chi connectivity index (χ1n) is 6.05. The van der Waals surface area contributed by atoms with E-state index in [0.717, 1.165) is 0 Å². The number of nitrogens with one attached hydrogen (secondary N) is 2. The largest absolute Gasteiger partial charge is 0.277 e. The van der Waals surface area contributed by atoms with Crippen LogP contribution in [0.3, 0.4) is 0 Å². The number of rotatable bonds is 7. The zero-order valence-corrected chi connectivity index (χ0v) is 13.0. The van der Waals surface area contributed by atoms with Crippen LogP contribution in [0.25, 0.3) is 0 Å². The normalized spacial score (nSPS) is 14.2. The monoisotopic (exact) mass is 321 g/mol. The zero-order chi connectivity index (χ0) is 15.4. The van der Waals surface area contributed by atoms with Crippen molar-refractivity contribution in [3.63, 3.8) is 0 Å². The molecule has 4 N–H and O–H groups in total.